The number of unbranched alkanes of at least 4 members (excludes halogenated alkanes) is 10. The van der Waals surface area contributed by atoms with Crippen LogP contribution in [0.5, 0.6) is 0 Å². The SMILES string of the molecule is CC/C=C\C/C=C\C/C=C\CC(=O)OCC(COC(=O)CCCCC/C=C\C=C/CCCC)OC(=O)CCCCC/C=C\C=C/CCCC. The number of hydrogen-bond acceptors (Lipinski definition) is 6. The Labute approximate surface area is 299 Å². The van der Waals surface area contributed by atoms with E-state index >= 15 is 0 Å². The van der Waals surface area contributed by atoms with E-state index in [2.05, 4.69) is 93.7 Å². The highest BCUT2D eigenvalue weighted by Gasteiger charge is 2.19. The van der Waals surface area contributed by atoms with Gasteiger partial charge in [0.15, 0.2) is 6.10 Å². The molecule has 1 unspecified atom stereocenters. The molecule has 0 rings (SSSR count). The third kappa shape index (κ3) is 35.7. The molecule has 0 aliphatic rings. The summed E-state index contributed by atoms with van der Waals surface area (Å²) >= 11 is 0. The van der Waals surface area contributed by atoms with Gasteiger partial charge in [-0.3, -0.25) is 14.4 Å². The molecule has 0 bridgehead atoms. The van der Waals surface area contributed by atoms with Crippen molar-refractivity contribution >= 4 is 17.9 Å². The molecule has 0 heterocycles. The molecule has 0 fully saturated rings. The van der Waals surface area contributed by atoms with E-state index < -0.39 is 12.1 Å². The monoisotopic (exact) mass is 681 g/mol. The second-order valence-corrected chi connectivity index (χ2v) is 12.2. The van der Waals surface area contributed by atoms with Crippen LogP contribution in [-0.2, 0) is 28.6 Å². The van der Waals surface area contributed by atoms with Gasteiger partial charge in [-0.05, 0) is 70.6 Å². The second-order valence-electron chi connectivity index (χ2n) is 12.2. The van der Waals surface area contributed by atoms with Crippen molar-refractivity contribution in [3.05, 3.63) is 85.1 Å². The van der Waals surface area contributed by atoms with Crippen molar-refractivity contribution in [3.8, 4) is 0 Å². The second kappa shape index (κ2) is 37.4. The zero-order chi connectivity index (χ0) is 35.9. The van der Waals surface area contributed by atoms with Gasteiger partial charge in [-0.15, -0.1) is 0 Å². The molecule has 6 nitrogen and oxygen atoms in total. The molecule has 0 saturated heterocycles. The molecule has 0 radical (unpaired) electrons. The summed E-state index contributed by atoms with van der Waals surface area (Å²) in [7, 11) is 0. The largest absolute Gasteiger partial charge is 0.462 e. The number of rotatable bonds is 32. The predicted octanol–water partition coefficient (Wildman–Crippen LogP) is 11.7. The maximum atomic E-state index is 12.6. The maximum Gasteiger partial charge on any atom is 0.309 e. The third-order valence-corrected chi connectivity index (χ3v) is 7.44. The lowest BCUT2D eigenvalue weighted by atomic mass is 10.1. The zero-order valence-corrected chi connectivity index (χ0v) is 31.2. The van der Waals surface area contributed by atoms with Gasteiger partial charge in [-0.1, -0.05) is 144 Å². The molecule has 0 N–H and O–H groups in total. The van der Waals surface area contributed by atoms with Gasteiger partial charge >= 0.3 is 17.9 Å². The molecule has 0 aromatic rings. The van der Waals surface area contributed by atoms with Gasteiger partial charge in [0.2, 0.25) is 0 Å². The minimum Gasteiger partial charge on any atom is -0.462 e. The van der Waals surface area contributed by atoms with Crippen molar-refractivity contribution in [1.29, 1.82) is 0 Å². The van der Waals surface area contributed by atoms with Crippen molar-refractivity contribution in [2.75, 3.05) is 13.2 Å². The van der Waals surface area contributed by atoms with E-state index in [0.29, 0.717) is 12.8 Å². The molecule has 0 spiro atoms. The fourth-order valence-corrected chi connectivity index (χ4v) is 4.51. The normalized spacial score (nSPS) is 13.0. The van der Waals surface area contributed by atoms with E-state index in [9.17, 15) is 14.4 Å². The van der Waals surface area contributed by atoms with Crippen LogP contribution < -0.4 is 0 Å². The molecule has 0 aliphatic heterocycles. The van der Waals surface area contributed by atoms with Crippen LogP contribution in [0.4, 0.5) is 0 Å². The highest BCUT2D eigenvalue weighted by atomic mass is 16.6. The summed E-state index contributed by atoms with van der Waals surface area (Å²) in [6.07, 6.45) is 46.0. The van der Waals surface area contributed by atoms with E-state index in [0.717, 1.165) is 77.0 Å². The molecule has 1 atom stereocenters. The Morgan fingerprint density at radius 1 is 0.469 bits per heavy atom. The van der Waals surface area contributed by atoms with Crippen LogP contribution in [0.25, 0.3) is 0 Å². The average molecular weight is 681 g/mol. The molecular formula is C43H68O6. The summed E-state index contributed by atoms with van der Waals surface area (Å²) in [6, 6.07) is 0. The quantitative estimate of drug-likeness (QED) is 0.0231. The smallest absolute Gasteiger partial charge is 0.309 e. The summed E-state index contributed by atoms with van der Waals surface area (Å²) in [4.78, 5) is 37.3. The number of carbonyl (C=O) groups excluding carboxylic acids is 3. The van der Waals surface area contributed by atoms with Crippen LogP contribution in [0.1, 0.15) is 149 Å². The lowest BCUT2D eigenvalue weighted by Gasteiger charge is -2.18. The molecule has 0 aromatic carbocycles. The van der Waals surface area contributed by atoms with Crippen LogP contribution in [0.2, 0.25) is 0 Å². The van der Waals surface area contributed by atoms with E-state index in [4.69, 9.17) is 14.2 Å². The Hall–Kier alpha value is -3.41. The fraction of sp³-hybridized carbons (Fsp3) is 0.605. The third-order valence-electron chi connectivity index (χ3n) is 7.44. The number of esters is 3. The molecule has 49 heavy (non-hydrogen) atoms. The first kappa shape index (κ1) is 45.6. The van der Waals surface area contributed by atoms with Crippen molar-refractivity contribution < 1.29 is 28.6 Å². The maximum absolute atomic E-state index is 12.6. The molecule has 6 heteroatoms. The van der Waals surface area contributed by atoms with Gasteiger partial charge in [0.05, 0.1) is 6.42 Å². The zero-order valence-electron chi connectivity index (χ0n) is 31.2. The number of hydrogen-bond donors (Lipinski definition) is 0. The molecule has 0 amide bonds. The Balaban J connectivity index is 4.59. The van der Waals surface area contributed by atoms with Crippen LogP contribution in [0, 0.1) is 0 Å². The molecule has 0 saturated carbocycles. The van der Waals surface area contributed by atoms with Crippen molar-refractivity contribution in [1.82, 2.24) is 0 Å². The first-order chi connectivity index (χ1) is 24.0. The van der Waals surface area contributed by atoms with Crippen molar-refractivity contribution in [2.45, 2.75) is 155 Å². The van der Waals surface area contributed by atoms with Crippen molar-refractivity contribution in [3.63, 3.8) is 0 Å². The molecule has 0 aromatic heterocycles. The average Bonchev–Trinajstić information content (AvgIpc) is 3.10. The molecular weight excluding hydrogens is 612 g/mol. The predicted molar refractivity (Wildman–Crippen MR) is 205 cm³/mol. The van der Waals surface area contributed by atoms with Crippen LogP contribution >= 0.6 is 0 Å². The minimum atomic E-state index is -0.832. The highest BCUT2D eigenvalue weighted by molar-refractivity contribution is 5.72. The van der Waals surface area contributed by atoms with Gasteiger partial charge in [-0.2, -0.15) is 0 Å². The summed E-state index contributed by atoms with van der Waals surface area (Å²) in [6.45, 7) is 6.21. The van der Waals surface area contributed by atoms with Crippen LogP contribution in [0.3, 0.4) is 0 Å². The van der Waals surface area contributed by atoms with E-state index in [1.807, 2.05) is 6.08 Å². The topological polar surface area (TPSA) is 78.9 Å². The lowest BCUT2D eigenvalue weighted by molar-refractivity contribution is -0.166. The Kier molecular flexibility index (Phi) is 34.8. The summed E-state index contributed by atoms with van der Waals surface area (Å²) in [5.74, 6) is -1.13. The van der Waals surface area contributed by atoms with E-state index in [1.165, 1.54) is 25.7 Å². The molecule has 0 aliphatic carbocycles. The standard InChI is InChI=1S/C43H68O6/c1-4-7-10-13-16-19-21-24-27-30-33-36-42(45)48-39-40(38-47-41(44)35-32-29-26-23-18-15-12-9-6-3)49-43(46)37-34-31-28-25-22-20-17-14-11-8-5-2/h9,12-14,16-23,29,32,40H,4-8,10-11,15,24-28,30-31,33-39H2,1-3H3/b12-9-,16-13-,17-14-,21-19-,22-20-,23-18-,32-29-. The first-order valence-corrected chi connectivity index (χ1v) is 19.1. The summed E-state index contributed by atoms with van der Waals surface area (Å²) in [5.41, 5.74) is 0. The Morgan fingerprint density at radius 2 is 0.918 bits per heavy atom. The first-order valence-electron chi connectivity index (χ1n) is 19.1. The fourth-order valence-electron chi connectivity index (χ4n) is 4.51. The van der Waals surface area contributed by atoms with Gasteiger partial charge in [-0.25, -0.2) is 0 Å². The van der Waals surface area contributed by atoms with Crippen molar-refractivity contribution in [2.24, 2.45) is 0 Å². The number of ether oxygens (including phenoxy) is 3. The number of carbonyl (C=O) groups is 3. The summed E-state index contributed by atoms with van der Waals surface area (Å²) < 4.78 is 16.4. The van der Waals surface area contributed by atoms with Gasteiger partial charge in [0.25, 0.3) is 0 Å². The van der Waals surface area contributed by atoms with E-state index in [-0.39, 0.29) is 38.0 Å². The lowest BCUT2D eigenvalue weighted by Crippen LogP contribution is -2.30. The van der Waals surface area contributed by atoms with E-state index in [1.54, 1.807) is 6.08 Å². The van der Waals surface area contributed by atoms with Gasteiger partial charge < -0.3 is 14.2 Å². The summed E-state index contributed by atoms with van der Waals surface area (Å²) in [5, 5.41) is 0. The van der Waals surface area contributed by atoms with Crippen LogP contribution in [-0.4, -0.2) is 37.2 Å². The van der Waals surface area contributed by atoms with Crippen LogP contribution in [0.15, 0.2) is 85.1 Å². The number of allylic oxidation sites excluding steroid dienone is 13. The Morgan fingerprint density at radius 3 is 1.43 bits per heavy atom. The Bertz CT molecular complexity index is 1010. The highest BCUT2D eigenvalue weighted by Crippen LogP contribution is 2.09. The van der Waals surface area contributed by atoms with Gasteiger partial charge in [0, 0.05) is 12.8 Å². The minimum absolute atomic E-state index is 0.122. The van der Waals surface area contributed by atoms with Gasteiger partial charge in [0.1, 0.15) is 13.2 Å². The molecule has 276 valence electrons.